The standard InChI is InChI=1S/C41H45ClN10O5/c42-29-16-14-26(15-17-29)21-34(51-37(54)27-10-6-18-46-23-27)40(57)52-35(20-25-8-2-1-3-9-25)39(56)49-32(13-7-19-47-41(44)45)38(55)50-33(36(43)53)22-28-24-48-31-12-5-4-11-30(28)31/h1-6,8-12,14-18,23-24,32-35,48H,7,13,19-22H2,(H2,43,53)(H,49,56)(H,50,55)(H,51,54)(H,52,57)(H4,44,45,47)/t32-,33-,34-,35-/m0/s1. The van der Waals surface area contributed by atoms with E-state index in [1.807, 2.05) is 30.3 Å². The van der Waals surface area contributed by atoms with Crippen molar-refractivity contribution in [3.8, 4) is 0 Å². The quantitative estimate of drug-likeness (QED) is 0.0348. The van der Waals surface area contributed by atoms with E-state index in [9.17, 15) is 24.0 Å². The highest BCUT2D eigenvalue weighted by atomic mass is 35.5. The van der Waals surface area contributed by atoms with Crippen LogP contribution in [0.5, 0.6) is 0 Å². The van der Waals surface area contributed by atoms with Crippen molar-refractivity contribution >= 4 is 58.0 Å². The summed E-state index contributed by atoms with van der Waals surface area (Å²) < 4.78 is 0. The molecule has 0 radical (unpaired) electrons. The molecular formula is C41H45ClN10O5. The molecule has 2 heterocycles. The summed E-state index contributed by atoms with van der Waals surface area (Å²) in [6, 6.07) is 21.8. The predicted molar refractivity (Wildman–Crippen MR) is 218 cm³/mol. The van der Waals surface area contributed by atoms with Crippen LogP contribution in [0.3, 0.4) is 0 Å². The lowest BCUT2D eigenvalue weighted by atomic mass is 10.0. The lowest BCUT2D eigenvalue weighted by Gasteiger charge is -2.26. The number of primary amides is 1. The Morgan fingerprint density at radius 1 is 0.684 bits per heavy atom. The molecule has 0 spiro atoms. The van der Waals surface area contributed by atoms with Crippen molar-refractivity contribution in [2.24, 2.45) is 22.2 Å². The van der Waals surface area contributed by atoms with Crippen LogP contribution >= 0.6 is 11.6 Å². The molecule has 296 valence electrons. The summed E-state index contributed by atoms with van der Waals surface area (Å²) in [4.78, 5) is 79.4. The monoisotopic (exact) mass is 792 g/mol. The van der Waals surface area contributed by atoms with Gasteiger partial charge in [-0.2, -0.15) is 0 Å². The number of carbonyl (C=O) groups excluding carboxylic acids is 5. The Morgan fingerprint density at radius 3 is 1.96 bits per heavy atom. The predicted octanol–water partition coefficient (Wildman–Crippen LogP) is 2.04. The fourth-order valence-corrected chi connectivity index (χ4v) is 6.32. The number of aromatic amines is 1. The number of benzene rings is 3. The van der Waals surface area contributed by atoms with Crippen molar-refractivity contribution in [3.05, 3.63) is 137 Å². The van der Waals surface area contributed by atoms with E-state index < -0.39 is 53.7 Å². The van der Waals surface area contributed by atoms with E-state index in [-0.39, 0.29) is 50.2 Å². The summed E-state index contributed by atoms with van der Waals surface area (Å²) in [7, 11) is 0. The molecule has 0 saturated carbocycles. The molecule has 0 unspecified atom stereocenters. The molecule has 0 aliphatic rings. The van der Waals surface area contributed by atoms with Gasteiger partial charge in [-0.25, -0.2) is 0 Å². The fourth-order valence-electron chi connectivity index (χ4n) is 6.20. The molecule has 0 saturated heterocycles. The number of guanidine groups is 1. The smallest absolute Gasteiger partial charge is 0.253 e. The van der Waals surface area contributed by atoms with Crippen molar-refractivity contribution < 1.29 is 24.0 Å². The third kappa shape index (κ3) is 12.4. The topological polar surface area (TPSA) is 253 Å². The molecule has 2 aromatic heterocycles. The number of carbonyl (C=O) groups is 5. The maximum atomic E-state index is 14.2. The summed E-state index contributed by atoms with van der Waals surface area (Å²) in [5.41, 5.74) is 20.0. The van der Waals surface area contributed by atoms with Gasteiger partial charge in [-0.15, -0.1) is 0 Å². The Labute approximate surface area is 334 Å². The molecule has 5 aromatic rings. The number of para-hydroxylation sites is 1. The summed E-state index contributed by atoms with van der Waals surface area (Å²) in [6.45, 7) is 0.157. The SMILES string of the molecule is NC(=O)[C@H](Cc1c[nH]c2ccccc12)NC(=O)[C@H](CCCN=C(N)N)NC(=O)[C@H](Cc1ccccc1)NC(=O)[C@H](Cc1ccc(Cl)cc1)NC(=O)c1cccnc1. The zero-order chi connectivity index (χ0) is 40.7. The first kappa shape index (κ1) is 41.4. The molecule has 0 bridgehead atoms. The number of halogens is 1. The van der Waals surface area contributed by atoms with Gasteiger partial charge in [0.15, 0.2) is 5.96 Å². The fraction of sp³-hybridized carbons (Fsp3) is 0.244. The summed E-state index contributed by atoms with van der Waals surface area (Å²) in [5.74, 6) is -3.47. The second-order valence-electron chi connectivity index (χ2n) is 13.4. The highest BCUT2D eigenvalue weighted by Crippen LogP contribution is 2.19. The second-order valence-corrected chi connectivity index (χ2v) is 13.8. The lowest BCUT2D eigenvalue weighted by Crippen LogP contribution is -2.59. The first-order valence-electron chi connectivity index (χ1n) is 18.3. The number of aliphatic imine (C=N–C) groups is 1. The zero-order valence-electron chi connectivity index (χ0n) is 31.0. The van der Waals surface area contributed by atoms with Crippen molar-refractivity contribution in [1.82, 2.24) is 31.2 Å². The molecule has 0 aliphatic heterocycles. The van der Waals surface area contributed by atoms with Crippen molar-refractivity contribution in [1.29, 1.82) is 0 Å². The minimum Gasteiger partial charge on any atom is -0.370 e. The number of amides is 5. The number of pyridine rings is 1. The Kier molecular flexibility index (Phi) is 14.7. The van der Waals surface area contributed by atoms with Crippen LogP contribution in [-0.4, -0.2) is 76.2 Å². The van der Waals surface area contributed by atoms with Crippen molar-refractivity contribution in [2.45, 2.75) is 56.3 Å². The van der Waals surface area contributed by atoms with Crippen molar-refractivity contribution in [3.63, 3.8) is 0 Å². The largest absolute Gasteiger partial charge is 0.370 e. The lowest BCUT2D eigenvalue weighted by molar-refractivity contribution is -0.133. The Balaban J connectivity index is 1.38. The molecule has 5 rings (SSSR count). The number of hydrogen-bond acceptors (Lipinski definition) is 7. The van der Waals surface area contributed by atoms with E-state index in [1.165, 1.54) is 12.4 Å². The van der Waals surface area contributed by atoms with Gasteiger partial charge in [0.05, 0.1) is 5.56 Å². The number of aromatic nitrogens is 2. The third-order valence-electron chi connectivity index (χ3n) is 9.15. The Hall–Kier alpha value is -6.74. The first-order valence-corrected chi connectivity index (χ1v) is 18.6. The molecule has 3 aromatic carbocycles. The van der Waals surface area contributed by atoms with Gasteiger partial charge in [-0.1, -0.05) is 72.3 Å². The molecule has 4 atom stereocenters. The highest BCUT2D eigenvalue weighted by molar-refractivity contribution is 6.30. The van der Waals surface area contributed by atoms with Gasteiger partial charge in [-0.05, 0) is 59.9 Å². The normalized spacial score (nSPS) is 13.0. The molecule has 15 nitrogen and oxygen atoms in total. The van der Waals surface area contributed by atoms with Crippen molar-refractivity contribution in [2.75, 3.05) is 6.54 Å². The molecule has 16 heteroatoms. The van der Waals surface area contributed by atoms with Gasteiger partial charge in [0, 0.05) is 60.3 Å². The number of fused-ring (bicyclic) bond motifs is 1. The summed E-state index contributed by atoms with van der Waals surface area (Å²) >= 11 is 6.10. The van der Waals surface area contributed by atoms with Crippen LogP contribution in [0.1, 0.15) is 39.9 Å². The average molecular weight is 793 g/mol. The van der Waals surface area contributed by atoms with Gasteiger partial charge in [0.2, 0.25) is 23.6 Å². The maximum Gasteiger partial charge on any atom is 0.253 e. The Bertz CT molecular complexity index is 2180. The number of hydrogen-bond donors (Lipinski definition) is 8. The maximum absolute atomic E-state index is 14.2. The number of H-pyrrole nitrogens is 1. The molecule has 0 fully saturated rings. The molecule has 57 heavy (non-hydrogen) atoms. The van der Waals surface area contributed by atoms with E-state index in [1.54, 1.807) is 66.9 Å². The van der Waals surface area contributed by atoms with E-state index in [4.69, 9.17) is 28.8 Å². The van der Waals surface area contributed by atoms with Crippen LogP contribution in [0.4, 0.5) is 0 Å². The van der Waals surface area contributed by atoms with Crippen LogP contribution in [0, 0.1) is 0 Å². The van der Waals surface area contributed by atoms with Gasteiger partial charge in [-0.3, -0.25) is 33.9 Å². The van der Waals surface area contributed by atoms with Crippen LogP contribution < -0.4 is 38.5 Å². The number of nitrogens with two attached hydrogens (primary N) is 3. The van der Waals surface area contributed by atoms with E-state index in [0.717, 1.165) is 16.5 Å². The van der Waals surface area contributed by atoms with E-state index >= 15 is 0 Å². The minimum absolute atomic E-state index is 0.0371. The molecular weight excluding hydrogens is 748 g/mol. The molecule has 11 N–H and O–H groups in total. The van der Waals surface area contributed by atoms with Gasteiger partial charge >= 0.3 is 0 Å². The van der Waals surface area contributed by atoms with E-state index in [2.05, 4.69) is 36.2 Å². The summed E-state index contributed by atoms with van der Waals surface area (Å²) in [6.07, 6.45) is 5.18. The van der Waals surface area contributed by atoms with Gasteiger partial charge in [0.25, 0.3) is 5.91 Å². The van der Waals surface area contributed by atoms with Crippen LogP contribution in [-0.2, 0) is 38.4 Å². The van der Waals surface area contributed by atoms with Gasteiger partial charge in [0.1, 0.15) is 24.2 Å². The van der Waals surface area contributed by atoms with Crippen LogP contribution in [0.15, 0.2) is 115 Å². The van der Waals surface area contributed by atoms with Crippen LogP contribution in [0.2, 0.25) is 5.02 Å². The average Bonchev–Trinajstić information content (AvgIpc) is 3.62. The van der Waals surface area contributed by atoms with E-state index in [0.29, 0.717) is 16.1 Å². The number of nitrogens with zero attached hydrogens (tertiary/aromatic N) is 2. The third-order valence-corrected chi connectivity index (χ3v) is 9.40. The molecule has 0 aliphatic carbocycles. The van der Waals surface area contributed by atoms with Gasteiger partial charge < -0.3 is 43.5 Å². The number of nitrogens with one attached hydrogen (secondary N) is 5. The zero-order valence-corrected chi connectivity index (χ0v) is 31.7. The first-order chi connectivity index (χ1) is 27.5. The Morgan fingerprint density at radius 2 is 1.30 bits per heavy atom. The minimum atomic E-state index is -1.21. The highest BCUT2D eigenvalue weighted by Gasteiger charge is 2.32. The molecule has 5 amide bonds. The number of rotatable bonds is 19. The van der Waals surface area contributed by atoms with Crippen LogP contribution in [0.25, 0.3) is 10.9 Å². The second kappa shape index (κ2) is 20.3. The summed E-state index contributed by atoms with van der Waals surface area (Å²) in [5, 5.41) is 12.4.